The highest BCUT2D eigenvalue weighted by Crippen LogP contribution is 2.22. The molecule has 0 saturated heterocycles. The lowest BCUT2D eigenvalue weighted by atomic mass is 10.2. The van der Waals surface area contributed by atoms with Gasteiger partial charge in [-0.3, -0.25) is 0 Å². The van der Waals surface area contributed by atoms with Crippen LogP contribution in [0.15, 0.2) is 18.2 Å². The van der Waals surface area contributed by atoms with Gasteiger partial charge in [0.1, 0.15) is 12.4 Å². The molecule has 20 heavy (non-hydrogen) atoms. The largest absolute Gasteiger partial charge is 0.491 e. The van der Waals surface area contributed by atoms with Crippen molar-refractivity contribution in [2.75, 3.05) is 46.8 Å². The van der Waals surface area contributed by atoms with Gasteiger partial charge in [-0.15, -0.1) is 0 Å². The molecule has 0 fully saturated rings. The summed E-state index contributed by atoms with van der Waals surface area (Å²) < 4.78 is 21.1. The molecule has 0 unspecified atom stereocenters. The zero-order valence-corrected chi connectivity index (χ0v) is 12.5. The quantitative estimate of drug-likeness (QED) is 0.632. The van der Waals surface area contributed by atoms with E-state index in [0.29, 0.717) is 51.2 Å². The number of methoxy groups -OCH3 is 1. The smallest absolute Gasteiger partial charge is 0.124 e. The van der Waals surface area contributed by atoms with Crippen LogP contribution < -0.4 is 10.5 Å². The van der Waals surface area contributed by atoms with E-state index in [0.717, 1.165) is 11.3 Å². The van der Waals surface area contributed by atoms with Gasteiger partial charge in [0.2, 0.25) is 0 Å². The fraction of sp³-hybridized carbons (Fsp3) is 0.571. The predicted octanol–water partition coefficient (Wildman–Crippen LogP) is 1.86. The fourth-order valence-electron chi connectivity index (χ4n) is 1.52. The second kappa shape index (κ2) is 10.9. The second-order valence-corrected chi connectivity index (χ2v) is 4.46. The number of ether oxygens (including phenoxy) is 4. The molecule has 0 heterocycles. The van der Waals surface area contributed by atoms with Crippen LogP contribution in [0.25, 0.3) is 0 Å². The van der Waals surface area contributed by atoms with E-state index >= 15 is 0 Å². The summed E-state index contributed by atoms with van der Waals surface area (Å²) in [6.45, 7) is 3.63. The van der Waals surface area contributed by atoms with E-state index < -0.39 is 0 Å². The highest BCUT2D eigenvalue weighted by molar-refractivity contribution is 6.30. The standard InChI is InChI=1S/C14H22ClNO4/c1-17-4-5-18-6-7-19-8-9-20-14-3-2-13(15)10-12(14)11-16/h2-3,10H,4-9,11,16H2,1H3. The van der Waals surface area contributed by atoms with Crippen LogP contribution in [-0.2, 0) is 20.8 Å². The van der Waals surface area contributed by atoms with Crippen molar-refractivity contribution in [3.63, 3.8) is 0 Å². The van der Waals surface area contributed by atoms with Gasteiger partial charge in [-0.05, 0) is 18.2 Å². The molecule has 0 amide bonds. The minimum atomic E-state index is 0.393. The summed E-state index contributed by atoms with van der Waals surface area (Å²) in [6.07, 6.45) is 0. The first-order valence-electron chi connectivity index (χ1n) is 6.53. The Morgan fingerprint density at radius 2 is 1.65 bits per heavy atom. The van der Waals surface area contributed by atoms with Gasteiger partial charge in [-0.1, -0.05) is 11.6 Å². The average Bonchev–Trinajstić information content (AvgIpc) is 2.46. The molecule has 0 saturated carbocycles. The van der Waals surface area contributed by atoms with Gasteiger partial charge in [0.15, 0.2) is 0 Å². The van der Waals surface area contributed by atoms with E-state index in [1.165, 1.54) is 0 Å². The van der Waals surface area contributed by atoms with Crippen molar-refractivity contribution >= 4 is 11.6 Å². The van der Waals surface area contributed by atoms with Crippen molar-refractivity contribution in [1.82, 2.24) is 0 Å². The first-order chi connectivity index (χ1) is 9.77. The second-order valence-electron chi connectivity index (χ2n) is 4.02. The van der Waals surface area contributed by atoms with E-state index in [2.05, 4.69) is 0 Å². The van der Waals surface area contributed by atoms with Crippen LogP contribution in [0, 0.1) is 0 Å². The minimum Gasteiger partial charge on any atom is -0.491 e. The topological polar surface area (TPSA) is 62.9 Å². The molecule has 114 valence electrons. The van der Waals surface area contributed by atoms with Gasteiger partial charge in [0, 0.05) is 24.2 Å². The highest BCUT2D eigenvalue weighted by Gasteiger charge is 2.03. The van der Waals surface area contributed by atoms with E-state index in [1.807, 2.05) is 6.07 Å². The maximum absolute atomic E-state index is 5.89. The Labute approximate surface area is 124 Å². The number of benzene rings is 1. The Hall–Kier alpha value is -0.850. The summed E-state index contributed by atoms with van der Waals surface area (Å²) >= 11 is 5.89. The third-order valence-corrected chi connectivity index (χ3v) is 2.77. The summed E-state index contributed by atoms with van der Waals surface area (Å²) in [5.41, 5.74) is 6.52. The van der Waals surface area contributed by atoms with E-state index in [1.54, 1.807) is 19.2 Å². The van der Waals surface area contributed by atoms with Gasteiger partial charge in [0.05, 0.1) is 33.0 Å². The number of hydrogen-bond acceptors (Lipinski definition) is 5. The highest BCUT2D eigenvalue weighted by atomic mass is 35.5. The van der Waals surface area contributed by atoms with Crippen LogP contribution in [-0.4, -0.2) is 46.8 Å². The van der Waals surface area contributed by atoms with Gasteiger partial charge < -0.3 is 24.7 Å². The molecule has 0 aliphatic carbocycles. The molecule has 0 aromatic heterocycles. The molecule has 1 rings (SSSR count). The zero-order valence-electron chi connectivity index (χ0n) is 11.8. The lowest BCUT2D eigenvalue weighted by molar-refractivity contribution is 0.0179. The Balaban J connectivity index is 2.09. The zero-order chi connectivity index (χ0) is 14.6. The molecular weight excluding hydrogens is 282 g/mol. The van der Waals surface area contributed by atoms with E-state index in [-0.39, 0.29) is 0 Å². The third kappa shape index (κ3) is 7.07. The number of halogens is 1. The van der Waals surface area contributed by atoms with Crippen molar-refractivity contribution in [1.29, 1.82) is 0 Å². The first kappa shape index (κ1) is 17.2. The van der Waals surface area contributed by atoms with Gasteiger partial charge in [0.25, 0.3) is 0 Å². The molecule has 6 heteroatoms. The van der Waals surface area contributed by atoms with Crippen molar-refractivity contribution in [2.24, 2.45) is 5.73 Å². The fourth-order valence-corrected chi connectivity index (χ4v) is 1.72. The molecule has 1 aromatic rings. The lowest BCUT2D eigenvalue weighted by Crippen LogP contribution is -2.13. The Bertz CT molecular complexity index is 376. The van der Waals surface area contributed by atoms with Gasteiger partial charge in [-0.2, -0.15) is 0 Å². The first-order valence-corrected chi connectivity index (χ1v) is 6.91. The van der Waals surface area contributed by atoms with E-state index in [4.69, 9.17) is 36.3 Å². The van der Waals surface area contributed by atoms with Crippen molar-refractivity contribution in [3.05, 3.63) is 28.8 Å². The molecule has 0 aliphatic heterocycles. The van der Waals surface area contributed by atoms with Crippen molar-refractivity contribution in [3.8, 4) is 5.75 Å². The lowest BCUT2D eigenvalue weighted by Gasteiger charge is -2.11. The summed E-state index contributed by atoms with van der Waals surface area (Å²) in [7, 11) is 1.64. The molecule has 0 radical (unpaired) electrons. The number of hydrogen-bond donors (Lipinski definition) is 1. The molecular formula is C14H22ClNO4. The van der Waals surface area contributed by atoms with Crippen LogP contribution in [0.1, 0.15) is 5.56 Å². The molecule has 0 aliphatic rings. The van der Waals surface area contributed by atoms with Crippen LogP contribution in [0.4, 0.5) is 0 Å². The molecule has 2 N–H and O–H groups in total. The van der Waals surface area contributed by atoms with E-state index in [9.17, 15) is 0 Å². The summed E-state index contributed by atoms with van der Waals surface area (Å²) in [5, 5.41) is 0.655. The Morgan fingerprint density at radius 3 is 2.30 bits per heavy atom. The molecule has 0 bridgehead atoms. The number of rotatable bonds is 11. The predicted molar refractivity (Wildman–Crippen MR) is 78.4 cm³/mol. The minimum absolute atomic E-state index is 0.393. The number of nitrogens with two attached hydrogens (primary N) is 1. The SMILES string of the molecule is COCCOCCOCCOc1ccc(Cl)cc1CN. The average molecular weight is 304 g/mol. The van der Waals surface area contributed by atoms with Gasteiger partial charge >= 0.3 is 0 Å². The third-order valence-electron chi connectivity index (χ3n) is 2.53. The normalized spacial score (nSPS) is 10.8. The van der Waals surface area contributed by atoms with Crippen LogP contribution in [0.5, 0.6) is 5.75 Å². The molecule has 0 spiro atoms. The van der Waals surface area contributed by atoms with Crippen LogP contribution in [0.2, 0.25) is 5.02 Å². The molecule has 0 atom stereocenters. The summed E-state index contributed by atoms with van der Waals surface area (Å²) in [4.78, 5) is 0. The van der Waals surface area contributed by atoms with Crippen LogP contribution in [0.3, 0.4) is 0 Å². The monoisotopic (exact) mass is 303 g/mol. The summed E-state index contributed by atoms with van der Waals surface area (Å²) in [5.74, 6) is 0.747. The van der Waals surface area contributed by atoms with Gasteiger partial charge in [-0.25, -0.2) is 0 Å². The van der Waals surface area contributed by atoms with Crippen LogP contribution >= 0.6 is 11.6 Å². The van der Waals surface area contributed by atoms with Crippen molar-refractivity contribution in [2.45, 2.75) is 6.54 Å². The Kier molecular flexibility index (Phi) is 9.36. The molecule has 5 nitrogen and oxygen atoms in total. The van der Waals surface area contributed by atoms with Crippen molar-refractivity contribution < 1.29 is 18.9 Å². The Morgan fingerprint density at radius 1 is 1.00 bits per heavy atom. The maximum Gasteiger partial charge on any atom is 0.124 e. The maximum atomic E-state index is 5.89. The molecule has 1 aromatic carbocycles. The summed E-state index contributed by atoms with van der Waals surface area (Å²) in [6, 6.07) is 5.40.